The second kappa shape index (κ2) is 5.24. The monoisotopic (exact) mass is 274 g/mol. The van der Waals surface area contributed by atoms with Crippen molar-refractivity contribution in [2.45, 2.75) is 26.8 Å². The zero-order valence-corrected chi connectivity index (χ0v) is 11.8. The normalized spacial score (nSPS) is 10.8. The van der Waals surface area contributed by atoms with E-state index in [0.717, 1.165) is 5.69 Å². The van der Waals surface area contributed by atoms with Crippen molar-refractivity contribution in [1.82, 2.24) is 9.78 Å². The van der Waals surface area contributed by atoms with Gasteiger partial charge in [0.05, 0.1) is 11.7 Å². The number of nitrogens with zero attached hydrogens (tertiary/aromatic N) is 2. The topological polar surface area (TPSA) is 96.2 Å². The van der Waals surface area contributed by atoms with E-state index in [1.807, 2.05) is 20.8 Å². The molecule has 6 nitrogen and oxygen atoms in total. The number of ether oxygens (including phenoxy) is 1. The molecular weight excluding hydrogens is 256 g/mol. The molecular formula is C14H18N4O2. The van der Waals surface area contributed by atoms with E-state index in [0.29, 0.717) is 22.9 Å². The number of benzene rings is 1. The van der Waals surface area contributed by atoms with Gasteiger partial charge in [0.15, 0.2) is 0 Å². The van der Waals surface area contributed by atoms with Gasteiger partial charge < -0.3 is 16.2 Å². The first-order valence-electron chi connectivity index (χ1n) is 6.32. The Hall–Kier alpha value is -2.50. The third-order valence-corrected chi connectivity index (χ3v) is 2.93. The molecule has 0 bridgehead atoms. The Labute approximate surface area is 117 Å². The molecule has 0 aliphatic rings. The predicted molar refractivity (Wildman–Crippen MR) is 76.8 cm³/mol. The van der Waals surface area contributed by atoms with E-state index in [1.165, 1.54) is 0 Å². The van der Waals surface area contributed by atoms with E-state index < -0.39 is 5.91 Å². The van der Waals surface area contributed by atoms with Gasteiger partial charge in [-0.2, -0.15) is 5.10 Å². The lowest BCUT2D eigenvalue weighted by atomic mass is 10.2. The van der Waals surface area contributed by atoms with Crippen LogP contribution < -0.4 is 16.2 Å². The highest BCUT2D eigenvalue weighted by Crippen LogP contribution is 2.32. The van der Waals surface area contributed by atoms with Gasteiger partial charge in [-0.1, -0.05) is 0 Å². The smallest absolute Gasteiger partial charge is 0.248 e. The molecule has 20 heavy (non-hydrogen) atoms. The molecule has 1 aromatic carbocycles. The van der Waals surface area contributed by atoms with Crippen LogP contribution in [0.15, 0.2) is 24.3 Å². The molecule has 0 radical (unpaired) electrons. The van der Waals surface area contributed by atoms with Crippen LogP contribution in [0.2, 0.25) is 0 Å². The van der Waals surface area contributed by atoms with Gasteiger partial charge >= 0.3 is 0 Å². The molecule has 4 N–H and O–H groups in total. The van der Waals surface area contributed by atoms with Crippen LogP contribution in [0.25, 0.3) is 0 Å². The predicted octanol–water partition coefficient (Wildman–Crippen LogP) is 2.25. The maximum absolute atomic E-state index is 11.0. The van der Waals surface area contributed by atoms with Gasteiger partial charge in [0.1, 0.15) is 11.4 Å². The average molecular weight is 274 g/mol. The Morgan fingerprint density at radius 3 is 2.40 bits per heavy atom. The summed E-state index contributed by atoms with van der Waals surface area (Å²) in [6.45, 7) is 5.82. The number of primary amides is 1. The van der Waals surface area contributed by atoms with Gasteiger partial charge in [-0.25, -0.2) is 4.68 Å². The maximum atomic E-state index is 11.0. The SMILES string of the molecule is Cc1nn(C(C)C)c(Oc2ccc(C(N)=O)cc2)c1N. The zero-order valence-electron chi connectivity index (χ0n) is 11.8. The third kappa shape index (κ3) is 2.59. The Morgan fingerprint density at radius 1 is 1.30 bits per heavy atom. The molecule has 0 atom stereocenters. The van der Waals surface area contributed by atoms with Crippen LogP contribution in [0.3, 0.4) is 0 Å². The molecule has 0 spiro atoms. The first-order chi connectivity index (χ1) is 9.40. The van der Waals surface area contributed by atoms with Gasteiger partial charge in [0, 0.05) is 5.56 Å². The summed E-state index contributed by atoms with van der Waals surface area (Å²) < 4.78 is 7.51. The number of carbonyl (C=O) groups excluding carboxylic acids is 1. The fourth-order valence-corrected chi connectivity index (χ4v) is 1.79. The summed E-state index contributed by atoms with van der Waals surface area (Å²) in [6, 6.07) is 6.69. The summed E-state index contributed by atoms with van der Waals surface area (Å²) in [6.07, 6.45) is 0. The van der Waals surface area contributed by atoms with Crippen LogP contribution in [-0.4, -0.2) is 15.7 Å². The van der Waals surface area contributed by atoms with E-state index in [9.17, 15) is 4.79 Å². The van der Waals surface area contributed by atoms with Crippen LogP contribution in [0, 0.1) is 6.92 Å². The second-order valence-corrected chi connectivity index (χ2v) is 4.83. The first-order valence-corrected chi connectivity index (χ1v) is 6.32. The van der Waals surface area contributed by atoms with E-state index in [2.05, 4.69) is 5.10 Å². The first kappa shape index (κ1) is 13.9. The van der Waals surface area contributed by atoms with Crippen LogP contribution in [0.1, 0.15) is 35.9 Å². The van der Waals surface area contributed by atoms with E-state index >= 15 is 0 Å². The molecule has 1 heterocycles. The van der Waals surface area contributed by atoms with Gasteiger partial charge in [-0.3, -0.25) is 4.79 Å². The standard InChI is InChI=1S/C14H18N4O2/c1-8(2)18-14(12(15)9(3)17-18)20-11-6-4-10(5-7-11)13(16)19/h4-8H,15H2,1-3H3,(H2,16,19). The number of anilines is 1. The molecule has 1 aromatic heterocycles. The third-order valence-electron chi connectivity index (χ3n) is 2.93. The summed E-state index contributed by atoms with van der Waals surface area (Å²) >= 11 is 0. The minimum atomic E-state index is -0.473. The van der Waals surface area contributed by atoms with Crippen LogP contribution >= 0.6 is 0 Å². The van der Waals surface area contributed by atoms with Crippen molar-refractivity contribution in [3.05, 3.63) is 35.5 Å². The highest BCUT2D eigenvalue weighted by atomic mass is 16.5. The van der Waals surface area contributed by atoms with Crippen LogP contribution in [0.4, 0.5) is 5.69 Å². The number of nitrogens with two attached hydrogens (primary N) is 2. The van der Waals surface area contributed by atoms with E-state index in [-0.39, 0.29) is 6.04 Å². The molecule has 1 amide bonds. The average Bonchev–Trinajstić information content (AvgIpc) is 2.68. The molecule has 0 fully saturated rings. The maximum Gasteiger partial charge on any atom is 0.248 e. The molecule has 2 aromatic rings. The summed E-state index contributed by atoms with van der Waals surface area (Å²) in [7, 11) is 0. The van der Waals surface area contributed by atoms with Crippen molar-refractivity contribution < 1.29 is 9.53 Å². The number of rotatable bonds is 4. The number of carbonyl (C=O) groups is 1. The second-order valence-electron chi connectivity index (χ2n) is 4.83. The van der Waals surface area contributed by atoms with Gasteiger partial charge in [0.25, 0.3) is 0 Å². The Morgan fingerprint density at radius 2 is 1.90 bits per heavy atom. The Balaban J connectivity index is 2.32. The molecule has 2 rings (SSSR count). The van der Waals surface area contributed by atoms with Gasteiger partial charge in [0.2, 0.25) is 11.8 Å². The highest BCUT2D eigenvalue weighted by Gasteiger charge is 2.17. The number of nitrogen functional groups attached to an aromatic ring is 1. The van der Waals surface area contributed by atoms with Crippen molar-refractivity contribution in [2.24, 2.45) is 5.73 Å². The highest BCUT2D eigenvalue weighted by molar-refractivity contribution is 5.92. The summed E-state index contributed by atoms with van der Waals surface area (Å²) in [5.74, 6) is 0.604. The number of aryl methyl sites for hydroxylation is 1. The molecule has 0 aliphatic carbocycles. The van der Waals surface area contributed by atoms with Crippen LogP contribution in [-0.2, 0) is 0 Å². The number of aromatic nitrogens is 2. The lowest BCUT2D eigenvalue weighted by Crippen LogP contribution is -2.10. The molecule has 0 saturated heterocycles. The zero-order chi connectivity index (χ0) is 14.9. The fourth-order valence-electron chi connectivity index (χ4n) is 1.79. The summed E-state index contributed by atoms with van der Waals surface area (Å²) in [4.78, 5) is 11.0. The van der Waals surface area contributed by atoms with Gasteiger partial charge in [-0.15, -0.1) is 0 Å². The van der Waals surface area contributed by atoms with E-state index in [4.69, 9.17) is 16.2 Å². The number of hydrogen-bond donors (Lipinski definition) is 2. The molecule has 106 valence electrons. The molecule has 0 aliphatic heterocycles. The molecule has 0 saturated carbocycles. The molecule has 0 unspecified atom stereocenters. The van der Waals surface area contributed by atoms with E-state index in [1.54, 1.807) is 28.9 Å². The fraction of sp³-hybridized carbons (Fsp3) is 0.286. The number of hydrogen-bond acceptors (Lipinski definition) is 4. The van der Waals surface area contributed by atoms with Crippen molar-refractivity contribution in [3.8, 4) is 11.6 Å². The van der Waals surface area contributed by atoms with Crippen molar-refractivity contribution in [1.29, 1.82) is 0 Å². The largest absolute Gasteiger partial charge is 0.437 e. The quantitative estimate of drug-likeness (QED) is 0.893. The Bertz CT molecular complexity index is 629. The van der Waals surface area contributed by atoms with Crippen molar-refractivity contribution in [2.75, 3.05) is 5.73 Å². The lowest BCUT2D eigenvalue weighted by molar-refractivity contribution is 0.100. The number of amides is 1. The Kier molecular flexibility index (Phi) is 3.65. The van der Waals surface area contributed by atoms with Crippen molar-refractivity contribution >= 4 is 11.6 Å². The minimum absolute atomic E-state index is 0.130. The lowest BCUT2D eigenvalue weighted by Gasteiger charge is -2.12. The van der Waals surface area contributed by atoms with Gasteiger partial charge in [-0.05, 0) is 45.0 Å². The molecule has 6 heteroatoms. The summed E-state index contributed by atoms with van der Waals surface area (Å²) in [5.41, 5.74) is 12.8. The van der Waals surface area contributed by atoms with Crippen LogP contribution in [0.5, 0.6) is 11.6 Å². The summed E-state index contributed by atoms with van der Waals surface area (Å²) in [5, 5.41) is 4.34. The van der Waals surface area contributed by atoms with Crippen molar-refractivity contribution in [3.63, 3.8) is 0 Å². The minimum Gasteiger partial charge on any atom is -0.437 e.